The number of benzene rings is 2. The van der Waals surface area contributed by atoms with E-state index in [2.05, 4.69) is 58.3 Å². The number of allylic oxidation sites excluding steroid dienone is 1. The molecule has 0 spiro atoms. The van der Waals surface area contributed by atoms with E-state index in [0.29, 0.717) is 0 Å². The third kappa shape index (κ3) is 9.04. The molecule has 2 saturated heterocycles. The minimum atomic E-state index is 0.765. The van der Waals surface area contributed by atoms with Crippen LogP contribution in [-0.4, -0.2) is 62.3 Å². The minimum absolute atomic E-state index is 0.765. The summed E-state index contributed by atoms with van der Waals surface area (Å²) in [5.74, 6) is 5.48. The van der Waals surface area contributed by atoms with E-state index in [1.165, 1.54) is 152 Å². The van der Waals surface area contributed by atoms with Gasteiger partial charge in [-0.15, -0.1) is 0 Å². The van der Waals surface area contributed by atoms with E-state index in [1.54, 1.807) is 5.57 Å². The van der Waals surface area contributed by atoms with Gasteiger partial charge in [-0.2, -0.15) is 0 Å². The van der Waals surface area contributed by atoms with E-state index < -0.39 is 0 Å². The number of ether oxygens (including phenoxy) is 2. The van der Waals surface area contributed by atoms with Gasteiger partial charge in [0.15, 0.2) is 0 Å². The molecule has 0 amide bonds. The summed E-state index contributed by atoms with van der Waals surface area (Å²) in [5, 5.41) is 0. The molecule has 4 aliphatic carbocycles. The highest BCUT2D eigenvalue weighted by molar-refractivity contribution is 5.83. The lowest BCUT2D eigenvalue weighted by Gasteiger charge is -2.52. The Morgan fingerprint density at radius 2 is 0.894 bits per heavy atom. The van der Waals surface area contributed by atoms with Crippen LogP contribution in [0, 0.1) is 23.7 Å². The van der Waals surface area contributed by atoms with Gasteiger partial charge in [0.25, 0.3) is 0 Å². The van der Waals surface area contributed by atoms with Crippen molar-refractivity contribution >= 4 is 5.57 Å². The van der Waals surface area contributed by atoms with Crippen LogP contribution < -0.4 is 9.47 Å². The average molecular weight is 639 g/mol. The molecule has 4 heteroatoms. The van der Waals surface area contributed by atoms with Crippen molar-refractivity contribution in [2.75, 3.05) is 52.5 Å². The molecular formula is C43H62N2O2. The Balaban J connectivity index is 0.969. The van der Waals surface area contributed by atoms with Crippen molar-refractivity contribution < 1.29 is 9.47 Å². The van der Waals surface area contributed by atoms with Gasteiger partial charge in [-0.3, -0.25) is 0 Å². The topological polar surface area (TPSA) is 24.9 Å². The first-order valence-electron chi connectivity index (χ1n) is 19.9. The maximum atomic E-state index is 6.26. The lowest BCUT2D eigenvalue weighted by molar-refractivity contribution is 0.0705. The molecule has 256 valence electrons. The number of rotatable bonds is 14. The Hall–Kier alpha value is -2.30. The summed E-state index contributed by atoms with van der Waals surface area (Å²) >= 11 is 0. The summed E-state index contributed by atoms with van der Waals surface area (Å²) in [6, 6.07) is 18.3. The fourth-order valence-corrected chi connectivity index (χ4v) is 10.0. The van der Waals surface area contributed by atoms with Crippen LogP contribution in [0.4, 0.5) is 0 Å². The SMILES string of the molecule is c1cc(C(=C2C3CC4CC(C3)CC2C4)c2ccc(OCCCCN3CCCCCC3)cc2)ccc1OCCCCN1CCCCCC1. The van der Waals surface area contributed by atoms with Crippen LogP contribution in [0.2, 0.25) is 0 Å². The zero-order chi connectivity index (χ0) is 31.7. The molecule has 0 N–H and O–H groups in total. The second-order valence-electron chi connectivity index (χ2n) is 15.8. The normalized spacial score (nSPS) is 26.6. The van der Waals surface area contributed by atoms with Gasteiger partial charge in [-0.1, -0.05) is 55.5 Å². The van der Waals surface area contributed by atoms with Gasteiger partial charge in [0.05, 0.1) is 13.2 Å². The third-order valence-corrected chi connectivity index (χ3v) is 12.3. The summed E-state index contributed by atoms with van der Waals surface area (Å²) in [6.45, 7) is 9.24. The first kappa shape index (κ1) is 33.2. The lowest BCUT2D eigenvalue weighted by atomic mass is 9.53. The predicted molar refractivity (Wildman–Crippen MR) is 195 cm³/mol. The second kappa shape index (κ2) is 16.9. The molecule has 4 saturated carbocycles. The second-order valence-corrected chi connectivity index (χ2v) is 15.8. The lowest BCUT2D eigenvalue weighted by Crippen LogP contribution is -2.40. The zero-order valence-corrected chi connectivity index (χ0v) is 29.3. The van der Waals surface area contributed by atoms with Crippen molar-refractivity contribution in [2.45, 2.75) is 109 Å². The van der Waals surface area contributed by atoms with E-state index in [9.17, 15) is 0 Å². The van der Waals surface area contributed by atoms with Crippen LogP contribution in [0.5, 0.6) is 11.5 Å². The van der Waals surface area contributed by atoms with E-state index in [0.717, 1.165) is 61.2 Å². The highest BCUT2D eigenvalue weighted by Crippen LogP contribution is 2.58. The van der Waals surface area contributed by atoms with Crippen LogP contribution in [-0.2, 0) is 0 Å². The van der Waals surface area contributed by atoms with Crippen molar-refractivity contribution in [3.63, 3.8) is 0 Å². The summed E-state index contributed by atoms with van der Waals surface area (Å²) in [6.07, 6.45) is 23.0. The number of hydrogen-bond donors (Lipinski definition) is 0. The fourth-order valence-electron chi connectivity index (χ4n) is 10.0. The highest BCUT2D eigenvalue weighted by atomic mass is 16.5. The van der Waals surface area contributed by atoms with Gasteiger partial charge in [0.2, 0.25) is 0 Å². The standard InChI is InChI=1S/C43H62N2O2/c1-2-6-22-44(21-5-1)25-9-11-27-46-40-17-13-36(14-18-40)42(43-38-30-34-29-35(32-38)33-39(43)31-34)37-15-19-41(20-16-37)47-28-12-10-26-45-23-7-3-4-8-24-45/h13-20,34-35,38-39H,1-12,21-33H2. The monoisotopic (exact) mass is 638 g/mol. The third-order valence-electron chi connectivity index (χ3n) is 12.3. The van der Waals surface area contributed by atoms with E-state index >= 15 is 0 Å². The number of hydrogen-bond acceptors (Lipinski definition) is 4. The van der Waals surface area contributed by atoms with Crippen LogP contribution in [0.3, 0.4) is 0 Å². The van der Waals surface area contributed by atoms with Gasteiger partial charge >= 0.3 is 0 Å². The van der Waals surface area contributed by atoms with E-state index in [-0.39, 0.29) is 0 Å². The summed E-state index contributed by atoms with van der Waals surface area (Å²) in [7, 11) is 0. The predicted octanol–water partition coefficient (Wildman–Crippen LogP) is 10.0. The molecule has 4 nitrogen and oxygen atoms in total. The molecule has 2 heterocycles. The summed E-state index contributed by atoms with van der Waals surface area (Å²) in [4.78, 5) is 5.33. The molecule has 2 aromatic carbocycles. The number of nitrogens with zero attached hydrogens (tertiary/aromatic N) is 2. The van der Waals surface area contributed by atoms with Crippen molar-refractivity contribution in [3.8, 4) is 11.5 Å². The maximum absolute atomic E-state index is 6.26. The van der Waals surface area contributed by atoms with Gasteiger partial charge in [-0.25, -0.2) is 0 Å². The molecule has 2 aliphatic heterocycles. The zero-order valence-electron chi connectivity index (χ0n) is 29.3. The van der Waals surface area contributed by atoms with Crippen molar-refractivity contribution in [3.05, 3.63) is 65.2 Å². The minimum Gasteiger partial charge on any atom is -0.494 e. The molecule has 47 heavy (non-hydrogen) atoms. The number of unbranched alkanes of at least 4 members (excludes halogenated alkanes) is 2. The molecule has 0 unspecified atom stereocenters. The van der Waals surface area contributed by atoms with Gasteiger partial charge < -0.3 is 19.3 Å². The van der Waals surface area contributed by atoms with Gasteiger partial charge in [0.1, 0.15) is 11.5 Å². The highest BCUT2D eigenvalue weighted by Gasteiger charge is 2.46. The van der Waals surface area contributed by atoms with Gasteiger partial charge in [-0.05, 0) is 187 Å². The maximum Gasteiger partial charge on any atom is 0.119 e. The number of likely N-dealkylation sites (tertiary alicyclic amines) is 2. The first-order chi connectivity index (χ1) is 23.3. The van der Waals surface area contributed by atoms with Crippen LogP contribution >= 0.6 is 0 Å². The Kier molecular flexibility index (Phi) is 11.9. The molecule has 0 aromatic heterocycles. The Morgan fingerprint density at radius 3 is 1.30 bits per heavy atom. The molecule has 2 aromatic rings. The molecule has 6 fully saturated rings. The summed E-state index contributed by atoms with van der Waals surface area (Å²) < 4.78 is 12.5. The van der Waals surface area contributed by atoms with Crippen molar-refractivity contribution in [2.24, 2.45) is 23.7 Å². The molecular weight excluding hydrogens is 576 g/mol. The van der Waals surface area contributed by atoms with Crippen LogP contribution in [0.25, 0.3) is 5.57 Å². The fraction of sp³-hybridized carbons (Fsp3) is 0.674. The largest absolute Gasteiger partial charge is 0.494 e. The first-order valence-corrected chi connectivity index (χ1v) is 19.9. The molecule has 0 radical (unpaired) electrons. The smallest absolute Gasteiger partial charge is 0.119 e. The quantitative estimate of drug-likeness (QED) is 0.192. The van der Waals surface area contributed by atoms with E-state index in [1.807, 2.05) is 0 Å². The molecule has 0 atom stereocenters. The molecule has 6 aliphatic rings. The Bertz CT molecular complexity index is 1150. The average Bonchev–Trinajstić information content (AvgIpc) is 3.52. The van der Waals surface area contributed by atoms with E-state index in [4.69, 9.17) is 9.47 Å². The van der Waals surface area contributed by atoms with Crippen LogP contribution in [0.15, 0.2) is 54.1 Å². The molecule has 4 bridgehead atoms. The Labute approximate surface area is 286 Å². The van der Waals surface area contributed by atoms with Crippen molar-refractivity contribution in [1.82, 2.24) is 9.80 Å². The van der Waals surface area contributed by atoms with Gasteiger partial charge in [0, 0.05) is 0 Å². The van der Waals surface area contributed by atoms with Crippen molar-refractivity contribution in [1.29, 1.82) is 0 Å². The molecule has 8 rings (SSSR count). The van der Waals surface area contributed by atoms with Crippen LogP contribution in [0.1, 0.15) is 120 Å². The Morgan fingerprint density at radius 1 is 0.489 bits per heavy atom. The summed E-state index contributed by atoms with van der Waals surface area (Å²) in [5.41, 5.74) is 6.00.